The fourth-order valence-electron chi connectivity index (χ4n) is 4.61. The molecule has 0 saturated carbocycles. The van der Waals surface area contributed by atoms with E-state index in [-0.39, 0.29) is 42.3 Å². The van der Waals surface area contributed by atoms with E-state index in [9.17, 15) is 18.0 Å². The zero-order valence-corrected chi connectivity index (χ0v) is 22.2. The van der Waals surface area contributed by atoms with Crippen molar-refractivity contribution in [2.24, 2.45) is 5.92 Å². The lowest BCUT2D eigenvalue weighted by molar-refractivity contribution is -0.148. The van der Waals surface area contributed by atoms with Gasteiger partial charge in [-0.2, -0.15) is 4.31 Å². The molecule has 3 aromatic rings. The minimum Gasteiger partial charge on any atom is -0.350 e. The predicted molar refractivity (Wildman–Crippen MR) is 144 cm³/mol. The summed E-state index contributed by atoms with van der Waals surface area (Å²) in [6.45, 7) is 5.65. The molecule has 0 bridgehead atoms. The lowest BCUT2D eigenvalue weighted by atomic mass is 10.0. The maximum Gasteiger partial charge on any atom is 0.244 e. The van der Waals surface area contributed by atoms with Gasteiger partial charge in [-0.15, -0.1) is 0 Å². The first-order valence-electron chi connectivity index (χ1n) is 12.5. The molecule has 0 aromatic heterocycles. The van der Waals surface area contributed by atoms with Crippen LogP contribution in [0.1, 0.15) is 26.3 Å². The van der Waals surface area contributed by atoms with Crippen LogP contribution in [0.25, 0.3) is 11.1 Å². The first kappa shape index (κ1) is 26.6. The molecule has 0 unspecified atom stereocenters. The molecule has 1 fully saturated rings. The number of piperazine rings is 1. The van der Waals surface area contributed by atoms with Crippen LogP contribution >= 0.6 is 0 Å². The number of carbonyl (C=O) groups excluding carboxylic acids is 2. The molecule has 1 aliphatic rings. The second-order valence-corrected chi connectivity index (χ2v) is 11.6. The zero-order chi connectivity index (χ0) is 26.6. The molecule has 2 amide bonds. The summed E-state index contributed by atoms with van der Waals surface area (Å²) in [6, 6.07) is 24.7. The number of hydrogen-bond donors (Lipinski definition) is 1. The number of nitrogens with zero attached hydrogens (tertiary/aromatic N) is 2. The van der Waals surface area contributed by atoms with Crippen molar-refractivity contribution in [3.63, 3.8) is 0 Å². The second-order valence-electron chi connectivity index (χ2n) is 9.68. The molecule has 37 heavy (non-hydrogen) atoms. The minimum absolute atomic E-state index is 0.0984. The highest BCUT2D eigenvalue weighted by molar-refractivity contribution is 7.89. The first-order chi connectivity index (χ1) is 17.7. The van der Waals surface area contributed by atoms with E-state index in [1.807, 2.05) is 54.6 Å². The van der Waals surface area contributed by atoms with Crippen molar-refractivity contribution in [2.75, 3.05) is 13.1 Å². The van der Waals surface area contributed by atoms with Gasteiger partial charge in [0, 0.05) is 31.6 Å². The van der Waals surface area contributed by atoms with Gasteiger partial charge in [-0.3, -0.25) is 9.59 Å². The van der Waals surface area contributed by atoms with Crippen molar-refractivity contribution in [3.8, 4) is 11.1 Å². The summed E-state index contributed by atoms with van der Waals surface area (Å²) in [5, 5.41) is 2.93. The zero-order valence-electron chi connectivity index (χ0n) is 21.4. The summed E-state index contributed by atoms with van der Waals surface area (Å²) in [7, 11) is -3.81. The van der Waals surface area contributed by atoms with Crippen LogP contribution in [0.15, 0.2) is 89.8 Å². The van der Waals surface area contributed by atoms with Crippen LogP contribution in [0.2, 0.25) is 0 Å². The molecule has 0 spiro atoms. The molecule has 1 heterocycles. The maximum absolute atomic E-state index is 13.4. The number of carbonyl (C=O) groups is 2. The molecule has 2 atom stereocenters. The highest BCUT2D eigenvalue weighted by Gasteiger charge is 2.43. The Balaban J connectivity index is 1.52. The Bertz CT molecular complexity index is 1330. The Morgan fingerprint density at radius 3 is 2.03 bits per heavy atom. The molecule has 3 aromatic carbocycles. The van der Waals surface area contributed by atoms with Crippen molar-refractivity contribution in [1.29, 1.82) is 0 Å². The molecule has 1 saturated heterocycles. The normalized spacial score (nSPS) is 18.5. The van der Waals surface area contributed by atoms with E-state index >= 15 is 0 Å². The van der Waals surface area contributed by atoms with Crippen LogP contribution in [-0.2, 0) is 26.2 Å². The molecule has 1 N–H and O–H groups in total. The molecule has 0 aliphatic carbocycles. The standard InChI is InChI=1S/C29H33N3O4S/c1-21(2)29(34)32-22(3)19-31(37(35,36)26-12-8-5-9-13-26)20-27(32)28(33)30-18-23-14-16-25(17-15-23)24-10-6-4-7-11-24/h4-17,21-22,27H,18-20H2,1-3H3,(H,30,33)/t22-,27-/m1/s1. The molecular formula is C29H33N3O4S. The van der Waals surface area contributed by atoms with Crippen molar-refractivity contribution < 1.29 is 18.0 Å². The van der Waals surface area contributed by atoms with E-state index in [1.54, 1.807) is 56.0 Å². The Morgan fingerprint density at radius 1 is 0.865 bits per heavy atom. The Morgan fingerprint density at radius 2 is 1.43 bits per heavy atom. The fraction of sp³-hybridized carbons (Fsp3) is 0.310. The SMILES string of the molecule is CC(C)C(=O)N1[C@H](C)CN(S(=O)(=O)c2ccccc2)C[C@@H]1C(=O)NCc1ccc(-c2ccccc2)cc1. The fourth-order valence-corrected chi connectivity index (χ4v) is 6.16. The molecule has 194 valence electrons. The topological polar surface area (TPSA) is 86.8 Å². The maximum atomic E-state index is 13.4. The average Bonchev–Trinajstić information content (AvgIpc) is 2.92. The number of rotatable bonds is 7. The lowest BCUT2D eigenvalue weighted by Gasteiger charge is -2.44. The van der Waals surface area contributed by atoms with Gasteiger partial charge in [-0.1, -0.05) is 86.6 Å². The van der Waals surface area contributed by atoms with Crippen LogP contribution in [0.3, 0.4) is 0 Å². The molecular weight excluding hydrogens is 486 g/mol. The summed E-state index contributed by atoms with van der Waals surface area (Å²) in [5.41, 5.74) is 3.09. The average molecular weight is 520 g/mol. The van der Waals surface area contributed by atoms with Crippen LogP contribution in [0.5, 0.6) is 0 Å². The first-order valence-corrected chi connectivity index (χ1v) is 13.9. The van der Waals surface area contributed by atoms with Crippen LogP contribution in [-0.4, -0.2) is 54.6 Å². The highest BCUT2D eigenvalue weighted by Crippen LogP contribution is 2.25. The molecule has 1 aliphatic heterocycles. The third-order valence-electron chi connectivity index (χ3n) is 6.61. The van der Waals surface area contributed by atoms with Gasteiger partial charge < -0.3 is 10.2 Å². The second kappa shape index (κ2) is 11.3. The molecule has 0 radical (unpaired) electrons. The van der Waals surface area contributed by atoms with Gasteiger partial charge in [0.2, 0.25) is 21.8 Å². The Kier molecular flexibility index (Phi) is 8.10. The van der Waals surface area contributed by atoms with E-state index in [4.69, 9.17) is 0 Å². The van der Waals surface area contributed by atoms with Gasteiger partial charge in [-0.25, -0.2) is 8.42 Å². The van der Waals surface area contributed by atoms with E-state index in [0.717, 1.165) is 16.7 Å². The van der Waals surface area contributed by atoms with Crippen molar-refractivity contribution >= 4 is 21.8 Å². The van der Waals surface area contributed by atoms with Gasteiger partial charge >= 0.3 is 0 Å². The molecule has 8 heteroatoms. The number of sulfonamides is 1. The molecule has 7 nitrogen and oxygen atoms in total. The third-order valence-corrected chi connectivity index (χ3v) is 8.46. The van der Waals surface area contributed by atoms with Crippen molar-refractivity contribution in [3.05, 3.63) is 90.5 Å². The van der Waals surface area contributed by atoms with Crippen LogP contribution in [0, 0.1) is 5.92 Å². The predicted octanol–water partition coefficient (Wildman–Crippen LogP) is 3.92. The number of benzene rings is 3. The van der Waals surface area contributed by atoms with E-state index in [0.29, 0.717) is 0 Å². The number of hydrogen-bond acceptors (Lipinski definition) is 4. The Labute approximate surface area is 219 Å². The van der Waals surface area contributed by atoms with Crippen molar-refractivity contribution in [2.45, 2.75) is 44.3 Å². The summed E-state index contributed by atoms with van der Waals surface area (Å²) in [4.78, 5) is 28.2. The monoisotopic (exact) mass is 519 g/mol. The van der Waals surface area contributed by atoms with Gasteiger partial charge in [0.05, 0.1) is 4.90 Å². The van der Waals surface area contributed by atoms with Crippen LogP contribution in [0.4, 0.5) is 0 Å². The van der Waals surface area contributed by atoms with Gasteiger partial charge in [0.15, 0.2) is 0 Å². The minimum atomic E-state index is -3.81. The summed E-state index contributed by atoms with van der Waals surface area (Å²) >= 11 is 0. The van der Waals surface area contributed by atoms with Gasteiger partial charge in [0.25, 0.3) is 0 Å². The van der Waals surface area contributed by atoms with E-state index in [2.05, 4.69) is 5.32 Å². The number of amides is 2. The smallest absolute Gasteiger partial charge is 0.244 e. The summed E-state index contributed by atoms with van der Waals surface area (Å²) < 4.78 is 28.0. The van der Waals surface area contributed by atoms with Crippen molar-refractivity contribution in [1.82, 2.24) is 14.5 Å². The largest absolute Gasteiger partial charge is 0.350 e. The van der Waals surface area contributed by atoms with Crippen LogP contribution < -0.4 is 5.32 Å². The summed E-state index contributed by atoms with van der Waals surface area (Å²) in [5.74, 6) is -0.863. The molecule has 4 rings (SSSR count). The summed E-state index contributed by atoms with van der Waals surface area (Å²) in [6.07, 6.45) is 0. The van der Waals surface area contributed by atoms with Gasteiger partial charge in [0.1, 0.15) is 6.04 Å². The highest BCUT2D eigenvalue weighted by atomic mass is 32.2. The third kappa shape index (κ3) is 5.92. The van der Waals surface area contributed by atoms with E-state index < -0.39 is 22.1 Å². The van der Waals surface area contributed by atoms with E-state index in [1.165, 1.54) is 4.31 Å². The lowest BCUT2D eigenvalue weighted by Crippen LogP contribution is -2.65. The Hall–Kier alpha value is -3.49. The van der Waals surface area contributed by atoms with Gasteiger partial charge in [-0.05, 0) is 35.7 Å². The number of nitrogens with one attached hydrogen (secondary N) is 1. The quantitative estimate of drug-likeness (QED) is 0.513.